The maximum Gasteiger partial charge on any atom is 0.186 e. The number of benzene rings is 1. The second kappa shape index (κ2) is 5.08. The van der Waals surface area contributed by atoms with E-state index >= 15 is 0 Å². The Balaban J connectivity index is 1.71. The molecule has 122 valence electrons. The molecule has 3 aliphatic rings. The van der Waals surface area contributed by atoms with Gasteiger partial charge in [-0.2, -0.15) is 0 Å². The number of rotatable bonds is 1. The first kappa shape index (κ1) is 14.7. The Morgan fingerprint density at radius 1 is 1.35 bits per heavy atom. The number of aryl methyl sites for hydroxylation is 1. The molecule has 23 heavy (non-hydrogen) atoms. The van der Waals surface area contributed by atoms with Gasteiger partial charge in [-0.3, -0.25) is 4.79 Å². The zero-order chi connectivity index (χ0) is 16.2. The quantitative estimate of drug-likeness (QED) is 0.637. The smallest absolute Gasteiger partial charge is 0.186 e. The summed E-state index contributed by atoms with van der Waals surface area (Å²) in [7, 11) is 1.71. The monoisotopic (exact) mass is 313 g/mol. The summed E-state index contributed by atoms with van der Waals surface area (Å²) in [5.41, 5.74) is 2.89. The summed E-state index contributed by atoms with van der Waals surface area (Å²) < 4.78 is 5.36. The summed E-state index contributed by atoms with van der Waals surface area (Å²) in [6, 6.07) is 6.43. The van der Waals surface area contributed by atoms with Gasteiger partial charge in [0.25, 0.3) is 0 Å². The number of Topliss-reactive ketones (excluding diaryl/α,β-unsaturated/α-hetero) is 1. The Labute approximate surface area is 136 Å². The Morgan fingerprint density at radius 2 is 2.17 bits per heavy atom. The topological polar surface area (TPSA) is 58.9 Å². The lowest BCUT2D eigenvalue weighted by Gasteiger charge is -2.47. The molecule has 3 aliphatic carbocycles. The fourth-order valence-electron chi connectivity index (χ4n) is 5.38. The van der Waals surface area contributed by atoms with Crippen molar-refractivity contribution in [1.82, 2.24) is 0 Å². The minimum atomic E-state index is -0.327. The van der Waals surface area contributed by atoms with E-state index in [1.807, 2.05) is 0 Å². The van der Waals surface area contributed by atoms with Crippen molar-refractivity contribution in [2.45, 2.75) is 44.9 Å². The van der Waals surface area contributed by atoms with E-state index in [-0.39, 0.29) is 11.2 Å². The van der Waals surface area contributed by atoms with Gasteiger partial charge < -0.3 is 9.94 Å². The van der Waals surface area contributed by atoms with Crippen LogP contribution >= 0.6 is 0 Å². The van der Waals surface area contributed by atoms with Gasteiger partial charge in [0.1, 0.15) is 11.5 Å². The van der Waals surface area contributed by atoms with Crippen molar-refractivity contribution < 1.29 is 14.7 Å². The van der Waals surface area contributed by atoms with Gasteiger partial charge in [0, 0.05) is 11.8 Å². The summed E-state index contributed by atoms with van der Waals surface area (Å²) in [5, 5.41) is 12.5. The van der Waals surface area contributed by atoms with E-state index in [0.717, 1.165) is 31.4 Å². The Bertz CT molecular complexity index is 696. The lowest BCUT2D eigenvalue weighted by atomic mass is 9.55. The molecule has 2 saturated carbocycles. The Hall–Kier alpha value is -1.84. The number of hydrogen-bond acceptors (Lipinski definition) is 4. The maximum atomic E-state index is 12.6. The molecule has 4 rings (SSSR count). The largest absolute Gasteiger partial charge is 0.497 e. The Kier molecular flexibility index (Phi) is 3.26. The molecule has 0 aromatic heterocycles. The molecule has 1 aromatic rings. The zero-order valence-electron chi connectivity index (χ0n) is 13.7. The van der Waals surface area contributed by atoms with E-state index in [9.17, 15) is 4.79 Å². The summed E-state index contributed by atoms with van der Waals surface area (Å²) in [6.07, 6.45) is 4.72. The van der Waals surface area contributed by atoms with Crippen molar-refractivity contribution in [2.75, 3.05) is 7.11 Å². The van der Waals surface area contributed by atoms with Crippen molar-refractivity contribution in [1.29, 1.82) is 0 Å². The number of ether oxygens (including phenoxy) is 1. The van der Waals surface area contributed by atoms with Gasteiger partial charge in [-0.25, -0.2) is 0 Å². The van der Waals surface area contributed by atoms with Crippen LogP contribution in [0.5, 0.6) is 5.75 Å². The average molecular weight is 313 g/mol. The molecule has 4 nitrogen and oxygen atoms in total. The van der Waals surface area contributed by atoms with Gasteiger partial charge in [-0.15, -0.1) is 0 Å². The molecule has 0 amide bonds. The van der Waals surface area contributed by atoms with Crippen LogP contribution in [0.3, 0.4) is 0 Å². The van der Waals surface area contributed by atoms with Crippen molar-refractivity contribution in [3.8, 4) is 5.75 Å². The highest BCUT2D eigenvalue weighted by Gasteiger charge is 2.57. The number of ketones is 1. The molecule has 1 N–H and O–H groups in total. The molecule has 0 spiro atoms. The SMILES string of the molecule is COc1ccc2c(c1)CCC1C2CC[C@@]2(C)C(=O)/C(=N\O)C[C@@H]12. The standard InChI is InChI=1S/C19H23NO3/c1-19-8-7-14-13-6-4-12(23-2)9-11(13)3-5-15(14)16(19)10-17(20-22)18(19)21/h4,6,9,14-16,22H,3,5,7-8,10H2,1-2H3/b20-17-/t14?,15?,16-,19+/m0/s1. The van der Waals surface area contributed by atoms with Crippen LogP contribution in [0.25, 0.3) is 0 Å². The molecule has 4 atom stereocenters. The first-order chi connectivity index (χ1) is 11.1. The first-order valence-electron chi connectivity index (χ1n) is 8.51. The molecule has 0 saturated heterocycles. The third-order valence-corrected chi connectivity index (χ3v) is 6.64. The molecule has 2 unspecified atom stereocenters. The van der Waals surface area contributed by atoms with E-state index in [4.69, 9.17) is 9.94 Å². The van der Waals surface area contributed by atoms with E-state index in [2.05, 4.69) is 30.3 Å². The predicted octanol–water partition coefficient (Wildman–Crippen LogP) is 3.56. The van der Waals surface area contributed by atoms with Crippen LogP contribution in [0.2, 0.25) is 0 Å². The van der Waals surface area contributed by atoms with Crippen LogP contribution < -0.4 is 4.74 Å². The third kappa shape index (κ3) is 1.97. The number of fused-ring (bicyclic) bond motifs is 5. The molecule has 0 bridgehead atoms. The molecule has 2 fully saturated rings. The van der Waals surface area contributed by atoms with E-state index in [1.165, 1.54) is 11.1 Å². The highest BCUT2D eigenvalue weighted by Crippen LogP contribution is 2.59. The maximum absolute atomic E-state index is 12.6. The lowest BCUT2D eigenvalue weighted by molar-refractivity contribution is -0.125. The predicted molar refractivity (Wildman–Crippen MR) is 87.2 cm³/mol. The highest BCUT2D eigenvalue weighted by molar-refractivity contribution is 6.43. The fraction of sp³-hybridized carbons (Fsp3) is 0.579. The minimum Gasteiger partial charge on any atom is -0.497 e. The average Bonchev–Trinajstić information content (AvgIpc) is 2.85. The van der Waals surface area contributed by atoms with Gasteiger partial charge in [0.2, 0.25) is 0 Å². The number of carbonyl (C=O) groups excluding carboxylic acids is 1. The summed E-state index contributed by atoms with van der Waals surface area (Å²) in [6.45, 7) is 2.08. The van der Waals surface area contributed by atoms with E-state index in [0.29, 0.717) is 29.9 Å². The van der Waals surface area contributed by atoms with Gasteiger partial charge in [-0.1, -0.05) is 18.1 Å². The normalized spacial score (nSPS) is 37.2. The van der Waals surface area contributed by atoms with Gasteiger partial charge in [0.15, 0.2) is 5.78 Å². The molecule has 4 heteroatoms. The van der Waals surface area contributed by atoms with Crippen LogP contribution in [0.4, 0.5) is 0 Å². The molecule has 0 radical (unpaired) electrons. The molecule has 0 aliphatic heterocycles. The third-order valence-electron chi connectivity index (χ3n) is 6.64. The van der Waals surface area contributed by atoms with E-state index in [1.54, 1.807) is 7.11 Å². The van der Waals surface area contributed by atoms with Crippen molar-refractivity contribution >= 4 is 11.5 Å². The molecule has 1 aromatic carbocycles. The number of methoxy groups -OCH3 is 1. The highest BCUT2D eigenvalue weighted by atomic mass is 16.5. The van der Waals surface area contributed by atoms with E-state index < -0.39 is 0 Å². The molecular formula is C19H23NO3. The minimum absolute atomic E-state index is 0.0731. The second-order valence-corrected chi connectivity index (χ2v) is 7.52. The Morgan fingerprint density at radius 3 is 2.91 bits per heavy atom. The van der Waals surface area contributed by atoms with Crippen LogP contribution in [-0.2, 0) is 11.2 Å². The van der Waals surface area contributed by atoms with Crippen LogP contribution in [0.1, 0.15) is 49.7 Å². The summed E-state index contributed by atoms with van der Waals surface area (Å²) >= 11 is 0. The number of oxime groups is 1. The van der Waals surface area contributed by atoms with Gasteiger partial charge in [0.05, 0.1) is 7.11 Å². The summed E-state index contributed by atoms with van der Waals surface area (Å²) in [4.78, 5) is 12.6. The lowest BCUT2D eigenvalue weighted by Crippen LogP contribution is -2.42. The fourth-order valence-corrected chi connectivity index (χ4v) is 5.38. The number of nitrogens with zero attached hydrogens (tertiary/aromatic N) is 1. The number of carbonyl (C=O) groups is 1. The van der Waals surface area contributed by atoms with Crippen molar-refractivity contribution in [3.05, 3.63) is 29.3 Å². The van der Waals surface area contributed by atoms with Crippen LogP contribution in [0.15, 0.2) is 23.4 Å². The summed E-state index contributed by atoms with van der Waals surface area (Å²) in [5.74, 6) is 2.35. The number of hydrogen-bond donors (Lipinski definition) is 1. The van der Waals surface area contributed by atoms with Crippen molar-refractivity contribution in [2.24, 2.45) is 22.4 Å². The van der Waals surface area contributed by atoms with Crippen LogP contribution in [-0.4, -0.2) is 23.8 Å². The molecular weight excluding hydrogens is 290 g/mol. The first-order valence-corrected chi connectivity index (χ1v) is 8.51. The van der Waals surface area contributed by atoms with Crippen LogP contribution in [0, 0.1) is 17.3 Å². The van der Waals surface area contributed by atoms with Gasteiger partial charge in [-0.05, 0) is 66.7 Å². The van der Waals surface area contributed by atoms with Gasteiger partial charge >= 0.3 is 0 Å². The zero-order valence-corrected chi connectivity index (χ0v) is 13.7. The van der Waals surface area contributed by atoms with Crippen molar-refractivity contribution in [3.63, 3.8) is 0 Å². The second-order valence-electron chi connectivity index (χ2n) is 7.52. The molecule has 0 heterocycles.